The highest BCUT2D eigenvalue weighted by Crippen LogP contribution is 2.39. The van der Waals surface area contributed by atoms with E-state index in [9.17, 15) is 4.79 Å². The van der Waals surface area contributed by atoms with Crippen LogP contribution in [0.25, 0.3) is 11.6 Å². The quantitative estimate of drug-likeness (QED) is 0.806. The van der Waals surface area contributed by atoms with Gasteiger partial charge in [-0.25, -0.2) is 0 Å². The number of halogens is 1. The van der Waals surface area contributed by atoms with Crippen LogP contribution in [-0.2, 0) is 4.79 Å². The summed E-state index contributed by atoms with van der Waals surface area (Å²) >= 11 is 6.11. The lowest BCUT2D eigenvalue weighted by Crippen LogP contribution is -2.35. The second kappa shape index (κ2) is 5.95. The summed E-state index contributed by atoms with van der Waals surface area (Å²) in [5.41, 5.74) is 3.52. The molecule has 0 aliphatic carbocycles. The normalized spacial score (nSPS) is 15.7. The van der Waals surface area contributed by atoms with Crippen LogP contribution >= 0.6 is 11.6 Å². The average molecular weight is 313 g/mol. The molecule has 0 fully saturated rings. The molecule has 22 heavy (non-hydrogen) atoms. The number of rotatable bonds is 3. The van der Waals surface area contributed by atoms with Crippen molar-refractivity contribution in [3.63, 3.8) is 0 Å². The number of nitrogens with zero attached hydrogens (tertiary/aromatic N) is 2. The van der Waals surface area contributed by atoms with Crippen LogP contribution in [-0.4, -0.2) is 31.6 Å². The number of carbonyl (C=O) groups excluding carboxylic acids is 1. The Bertz CT molecular complexity index is 738. The predicted molar refractivity (Wildman–Crippen MR) is 91.8 cm³/mol. The van der Waals surface area contributed by atoms with Crippen LogP contribution in [0.2, 0.25) is 5.02 Å². The summed E-state index contributed by atoms with van der Waals surface area (Å²) in [6.07, 6.45) is 1.94. The van der Waals surface area contributed by atoms with Crippen molar-refractivity contribution in [2.45, 2.75) is 0 Å². The number of amides is 1. The second-order valence-electron chi connectivity index (χ2n) is 5.58. The fraction of sp³-hybridized carbons (Fsp3) is 0.167. The Kier molecular flexibility index (Phi) is 4.01. The third-order valence-electron chi connectivity index (χ3n) is 3.55. The lowest BCUT2D eigenvalue weighted by atomic mass is 10.0. The molecule has 3 nitrogen and oxygen atoms in total. The molecule has 0 saturated heterocycles. The van der Waals surface area contributed by atoms with Crippen molar-refractivity contribution in [1.29, 1.82) is 0 Å². The summed E-state index contributed by atoms with van der Waals surface area (Å²) in [6.45, 7) is 0.526. The second-order valence-corrected chi connectivity index (χ2v) is 6.02. The van der Waals surface area contributed by atoms with Gasteiger partial charge in [0.25, 0.3) is 5.91 Å². The number of benzene rings is 2. The maximum absolute atomic E-state index is 12.8. The van der Waals surface area contributed by atoms with E-state index in [1.165, 1.54) is 0 Å². The molecule has 0 aromatic heterocycles. The summed E-state index contributed by atoms with van der Waals surface area (Å²) < 4.78 is 0. The average Bonchev–Trinajstić information content (AvgIpc) is 2.73. The van der Waals surface area contributed by atoms with E-state index in [1.807, 2.05) is 73.6 Å². The Morgan fingerprint density at radius 2 is 1.86 bits per heavy atom. The van der Waals surface area contributed by atoms with Crippen LogP contribution in [0.4, 0.5) is 5.69 Å². The molecule has 112 valence electrons. The number of hydrogen-bond acceptors (Lipinski definition) is 2. The zero-order valence-corrected chi connectivity index (χ0v) is 13.3. The van der Waals surface area contributed by atoms with Crippen molar-refractivity contribution in [2.75, 3.05) is 25.7 Å². The van der Waals surface area contributed by atoms with Crippen molar-refractivity contribution in [3.05, 3.63) is 64.7 Å². The first-order valence-electron chi connectivity index (χ1n) is 7.09. The van der Waals surface area contributed by atoms with E-state index >= 15 is 0 Å². The summed E-state index contributed by atoms with van der Waals surface area (Å²) in [5, 5.41) is 0.635. The molecule has 1 aliphatic rings. The third kappa shape index (κ3) is 2.78. The van der Waals surface area contributed by atoms with Gasteiger partial charge in [0, 0.05) is 16.2 Å². The number of fused-ring (bicyclic) bond motifs is 1. The Balaban J connectivity index is 2.10. The highest BCUT2D eigenvalue weighted by Gasteiger charge is 2.32. The molecule has 1 heterocycles. The van der Waals surface area contributed by atoms with Crippen LogP contribution < -0.4 is 4.90 Å². The van der Waals surface area contributed by atoms with E-state index in [1.54, 1.807) is 4.90 Å². The Hall–Kier alpha value is -2.10. The molecule has 2 aromatic rings. The van der Waals surface area contributed by atoms with Gasteiger partial charge in [-0.15, -0.1) is 0 Å². The van der Waals surface area contributed by atoms with Gasteiger partial charge in [-0.05, 0) is 37.9 Å². The third-order valence-corrected chi connectivity index (χ3v) is 3.79. The van der Waals surface area contributed by atoms with Crippen LogP contribution in [0.15, 0.2) is 48.5 Å². The lowest BCUT2D eigenvalue weighted by Gasteiger charge is -2.21. The van der Waals surface area contributed by atoms with E-state index in [2.05, 4.69) is 0 Å². The van der Waals surface area contributed by atoms with Crippen molar-refractivity contribution < 1.29 is 4.79 Å². The van der Waals surface area contributed by atoms with Crippen LogP contribution in [0, 0.1) is 0 Å². The maximum Gasteiger partial charge on any atom is 0.260 e. The highest BCUT2D eigenvalue weighted by atomic mass is 35.5. The Morgan fingerprint density at radius 3 is 2.55 bits per heavy atom. The predicted octanol–water partition coefficient (Wildman–Crippen LogP) is 3.75. The van der Waals surface area contributed by atoms with Gasteiger partial charge in [0.2, 0.25) is 0 Å². The Morgan fingerprint density at radius 1 is 1.14 bits per heavy atom. The van der Waals surface area contributed by atoms with Gasteiger partial charge in [-0.3, -0.25) is 14.6 Å². The van der Waals surface area contributed by atoms with E-state index in [0.717, 1.165) is 16.8 Å². The van der Waals surface area contributed by atoms with Gasteiger partial charge in [0.15, 0.2) is 0 Å². The highest BCUT2D eigenvalue weighted by molar-refractivity contribution is 6.37. The van der Waals surface area contributed by atoms with Gasteiger partial charge in [-0.1, -0.05) is 48.0 Å². The van der Waals surface area contributed by atoms with Crippen molar-refractivity contribution in [3.8, 4) is 0 Å². The molecule has 2 aromatic carbocycles. The van der Waals surface area contributed by atoms with Gasteiger partial charge in [-0.2, -0.15) is 0 Å². The summed E-state index contributed by atoms with van der Waals surface area (Å²) in [7, 11) is 3.88. The fourth-order valence-electron chi connectivity index (χ4n) is 2.60. The van der Waals surface area contributed by atoms with Gasteiger partial charge in [0.05, 0.1) is 12.4 Å². The van der Waals surface area contributed by atoms with Crippen LogP contribution in [0.3, 0.4) is 0 Å². The molecular formula is C18H17ClN2O. The molecule has 0 N–H and O–H groups in total. The maximum atomic E-state index is 12.8. The summed E-state index contributed by atoms with van der Waals surface area (Å²) in [4.78, 5) is 16.5. The van der Waals surface area contributed by atoms with Gasteiger partial charge >= 0.3 is 0 Å². The smallest absolute Gasteiger partial charge is 0.260 e. The first kappa shape index (κ1) is 14.8. The zero-order valence-electron chi connectivity index (χ0n) is 12.6. The van der Waals surface area contributed by atoms with Gasteiger partial charge < -0.3 is 0 Å². The molecular weight excluding hydrogens is 296 g/mol. The van der Waals surface area contributed by atoms with Crippen molar-refractivity contribution in [2.24, 2.45) is 0 Å². The first-order valence-corrected chi connectivity index (χ1v) is 7.47. The minimum Gasteiger partial charge on any atom is -0.294 e. The van der Waals surface area contributed by atoms with E-state index in [-0.39, 0.29) is 5.91 Å². The monoisotopic (exact) mass is 312 g/mol. The minimum absolute atomic E-state index is 0.00909. The molecule has 4 heteroatoms. The molecule has 0 radical (unpaired) electrons. The fourth-order valence-corrected chi connectivity index (χ4v) is 2.77. The topological polar surface area (TPSA) is 23.6 Å². The van der Waals surface area contributed by atoms with Crippen LogP contribution in [0.1, 0.15) is 11.1 Å². The van der Waals surface area contributed by atoms with E-state index in [4.69, 9.17) is 11.6 Å². The molecule has 0 bridgehead atoms. The lowest BCUT2D eigenvalue weighted by molar-refractivity contribution is -0.113. The van der Waals surface area contributed by atoms with Gasteiger partial charge in [0.1, 0.15) is 0 Å². The van der Waals surface area contributed by atoms with Crippen molar-refractivity contribution in [1.82, 2.24) is 4.90 Å². The Labute approximate surface area is 135 Å². The number of anilines is 1. The zero-order chi connectivity index (χ0) is 15.7. The SMILES string of the molecule is CN(C)CN1C(=O)/C(=C\c2ccccc2)c2ccc(Cl)cc21. The number of carbonyl (C=O) groups is 1. The van der Waals surface area contributed by atoms with E-state index in [0.29, 0.717) is 17.3 Å². The van der Waals surface area contributed by atoms with E-state index < -0.39 is 0 Å². The molecule has 0 unspecified atom stereocenters. The summed E-state index contributed by atoms with van der Waals surface area (Å²) in [5.74, 6) is 0.00909. The molecule has 1 amide bonds. The first-order chi connectivity index (χ1) is 10.6. The molecule has 0 atom stereocenters. The standard InChI is InChI=1S/C18H17ClN2O/c1-20(2)12-21-17-11-14(19)8-9-15(17)16(18(21)22)10-13-6-4-3-5-7-13/h3-11H,12H2,1-2H3/b16-10-. The largest absolute Gasteiger partial charge is 0.294 e. The molecule has 3 rings (SSSR count). The molecule has 0 spiro atoms. The number of hydrogen-bond donors (Lipinski definition) is 0. The molecule has 1 aliphatic heterocycles. The van der Waals surface area contributed by atoms with Crippen molar-refractivity contribution >= 4 is 34.8 Å². The molecule has 0 saturated carbocycles. The summed E-state index contributed by atoms with van der Waals surface area (Å²) in [6, 6.07) is 15.5. The van der Waals surface area contributed by atoms with Crippen LogP contribution in [0.5, 0.6) is 0 Å². The minimum atomic E-state index is 0.00909.